The number of para-hydroxylation sites is 1. The minimum atomic E-state index is -3.96. The minimum absolute atomic E-state index is 0.0326. The number of aryl methyl sites for hydroxylation is 1. The fourth-order valence-corrected chi connectivity index (χ4v) is 6.36. The van der Waals surface area contributed by atoms with Gasteiger partial charge >= 0.3 is 0 Å². The predicted octanol–water partition coefficient (Wildman–Crippen LogP) is 6.14. The second kappa shape index (κ2) is 8.87. The number of hydrogen-bond donors (Lipinski definition) is 1. The summed E-state index contributed by atoms with van der Waals surface area (Å²) in [6.07, 6.45) is 1.31. The summed E-state index contributed by atoms with van der Waals surface area (Å²) in [5.74, 6) is 0.0694. The van der Waals surface area contributed by atoms with Gasteiger partial charge < -0.3 is 5.73 Å². The fourth-order valence-electron chi connectivity index (χ4n) is 3.88. The number of azo groups is 1. The van der Waals surface area contributed by atoms with Crippen molar-refractivity contribution in [1.29, 1.82) is 0 Å². The summed E-state index contributed by atoms with van der Waals surface area (Å²) >= 11 is 1.36. The van der Waals surface area contributed by atoms with E-state index in [2.05, 4.69) is 20.3 Å². The number of benzene rings is 3. The number of nitrogens with two attached hydrogens (primary N) is 1. The van der Waals surface area contributed by atoms with Crippen molar-refractivity contribution in [2.24, 2.45) is 10.2 Å². The summed E-state index contributed by atoms with van der Waals surface area (Å²) in [6, 6.07) is 23.3. The van der Waals surface area contributed by atoms with E-state index in [9.17, 15) is 8.42 Å². The van der Waals surface area contributed by atoms with Crippen molar-refractivity contribution < 1.29 is 8.42 Å². The third-order valence-corrected chi connectivity index (χ3v) is 8.56. The van der Waals surface area contributed by atoms with E-state index >= 15 is 0 Å². The number of nitrogen functional groups attached to an aromatic ring is 1. The first-order valence-electron chi connectivity index (χ1n) is 11.2. The monoisotopic (exact) mass is 525 g/mol. The number of thiazole rings is 1. The second-order valence-electron chi connectivity index (χ2n) is 8.28. The molecule has 6 rings (SSSR count). The Labute approximate surface area is 215 Å². The Kier molecular flexibility index (Phi) is 5.50. The van der Waals surface area contributed by atoms with Crippen molar-refractivity contribution in [3.63, 3.8) is 0 Å². The molecule has 0 radical (unpaired) electrons. The van der Waals surface area contributed by atoms with Crippen molar-refractivity contribution in [3.8, 4) is 10.7 Å². The highest BCUT2D eigenvalue weighted by Crippen LogP contribution is 2.39. The SMILES string of the molecule is Cc1ccc(N=Nc2c(N)nn3c(-c4nc5ccccc5s4)c(S(=O)(=O)c4ccccc4)cnc23)cc1. The zero-order valence-corrected chi connectivity index (χ0v) is 21.1. The fraction of sp³-hybridized carbons (Fsp3) is 0.0385. The number of hydrogen-bond acceptors (Lipinski definition) is 9. The first-order valence-corrected chi connectivity index (χ1v) is 13.5. The maximum atomic E-state index is 13.7. The second-order valence-corrected chi connectivity index (χ2v) is 11.2. The van der Waals surface area contributed by atoms with E-state index in [1.54, 1.807) is 30.3 Å². The highest BCUT2D eigenvalue weighted by Gasteiger charge is 2.29. The summed E-state index contributed by atoms with van der Waals surface area (Å²) in [5, 5.41) is 13.5. The Morgan fingerprint density at radius 2 is 1.65 bits per heavy atom. The Bertz CT molecular complexity index is 1880. The van der Waals surface area contributed by atoms with Gasteiger partial charge in [0, 0.05) is 0 Å². The molecule has 0 fully saturated rings. The molecule has 6 aromatic rings. The lowest BCUT2D eigenvalue weighted by atomic mass is 10.2. The molecule has 0 aliphatic carbocycles. The van der Waals surface area contributed by atoms with E-state index in [1.165, 1.54) is 22.0 Å². The topological polar surface area (TPSA) is 128 Å². The third kappa shape index (κ3) is 4.03. The largest absolute Gasteiger partial charge is 0.380 e. The molecule has 9 nitrogen and oxygen atoms in total. The quantitative estimate of drug-likeness (QED) is 0.269. The molecule has 3 aromatic heterocycles. The Hall–Kier alpha value is -4.48. The van der Waals surface area contributed by atoms with E-state index < -0.39 is 9.84 Å². The standard InChI is InChI=1S/C26H19N7O2S2/c1-16-11-13-17(14-12-16)30-31-22-24(27)32-33-23(26-29-19-9-5-6-10-20(19)36-26)21(15-28-25(22)33)37(34,35)18-7-3-2-4-8-18/h2-15H,1H3,(H2,27,32). The predicted molar refractivity (Wildman–Crippen MR) is 143 cm³/mol. The molecule has 3 heterocycles. The van der Waals surface area contributed by atoms with E-state index in [1.807, 2.05) is 55.5 Å². The lowest BCUT2D eigenvalue weighted by Crippen LogP contribution is -2.09. The van der Waals surface area contributed by atoms with Gasteiger partial charge in [-0.2, -0.15) is 5.11 Å². The van der Waals surface area contributed by atoms with E-state index in [0.29, 0.717) is 10.7 Å². The van der Waals surface area contributed by atoms with Gasteiger partial charge in [0.05, 0.1) is 27.0 Å². The smallest absolute Gasteiger partial charge is 0.210 e. The van der Waals surface area contributed by atoms with Crippen LogP contribution in [0.15, 0.2) is 105 Å². The zero-order chi connectivity index (χ0) is 25.6. The molecule has 2 N–H and O–H groups in total. The number of sulfone groups is 1. The van der Waals surface area contributed by atoms with Crippen LogP contribution in [-0.4, -0.2) is 28.0 Å². The lowest BCUT2D eigenvalue weighted by molar-refractivity contribution is 0.595. The van der Waals surface area contributed by atoms with Gasteiger partial charge in [-0.25, -0.2) is 22.9 Å². The van der Waals surface area contributed by atoms with Crippen LogP contribution in [0.25, 0.3) is 26.6 Å². The highest BCUT2D eigenvalue weighted by atomic mass is 32.2. The Morgan fingerprint density at radius 1 is 0.919 bits per heavy atom. The Morgan fingerprint density at radius 3 is 2.41 bits per heavy atom. The van der Waals surface area contributed by atoms with Crippen LogP contribution in [0.3, 0.4) is 0 Å². The molecule has 3 aromatic carbocycles. The molecule has 0 spiro atoms. The van der Waals surface area contributed by atoms with E-state index in [-0.39, 0.29) is 32.6 Å². The minimum Gasteiger partial charge on any atom is -0.380 e. The normalized spacial score (nSPS) is 12.1. The van der Waals surface area contributed by atoms with E-state index in [4.69, 9.17) is 10.7 Å². The van der Waals surface area contributed by atoms with Gasteiger partial charge in [-0.1, -0.05) is 48.0 Å². The number of nitrogens with zero attached hydrogens (tertiary/aromatic N) is 6. The molecular weight excluding hydrogens is 506 g/mol. The molecule has 0 unspecified atom stereocenters. The first kappa shape index (κ1) is 23.0. The van der Waals surface area contributed by atoms with Crippen LogP contribution < -0.4 is 5.73 Å². The van der Waals surface area contributed by atoms with Crippen LogP contribution in [0.4, 0.5) is 17.2 Å². The van der Waals surface area contributed by atoms with Crippen molar-refractivity contribution in [1.82, 2.24) is 19.6 Å². The molecule has 0 atom stereocenters. The van der Waals surface area contributed by atoms with Crippen LogP contribution >= 0.6 is 11.3 Å². The molecule has 11 heteroatoms. The van der Waals surface area contributed by atoms with Crippen LogP contribution in [0, 0.1) is 6.92 Å². The summed E-state index contributed by atoms with van der Waals surface area (Å²) in [4.78, 5) is 9.24. The van der Waals surface area contributed by atoms with Crippen LogP contribution in [0.5, 0.6) is 0 Å². The summed E-state index contributed by atoms with van der Waals surface area (Å²) in [6.45, 7) is 1.98. The number of fused-ring (bicyclic) bond motifs is 2. The molecule has 0 saturated carbocycles. The molecule has 0 aliphatic rings. The van der Waals surface area contributed by atoms with Crippen LogP contribution in [0.2, 0.25) is 0 Å². The maximum absolute atomic E-state index is 13.7. The molecule has 182 valence electrons. The maximum Gasteiger partial charge on any atom is 0.210 e. The summed E-state index contributed by atoms with van der Waals surface area (Å²) in [5.41, 5.74) is 9.50. The van der Waals surface area contributed by atoms with Crippen molar-refractivity contribution in [2.45, 2.75) is 16.7 Å². The van der Waals surface area contributed by atoms with Gasteiger partial charge in [-0.05, 0) is 43.3 Å². The van der Waals surface area contributed by atoms with Gasteiger partial charge in [-0.3, -0.25) is 0 Å². The van der Waals surface area contributed by atoms with Gasteiger partial charge in [0.1, 0.15) is 15.6 Å². The lowest BCUT2D eigenvalue weighted by Gasteiger charge is -2.10. The van der Waals surface area contributed by atoms with Gasteiger partial charge in [0.25, 0.3) is 0 Å². The third-order valence-electron chi connectivity index (χ3n) is 5.75. The first-order chi connectivity index (χ1) is 17.9. The molecule has 37 heavy (non-hydrogen) atoms. The van der Waals surface area contributed by atoms with Crippen LogP contribution in [0.1, 0.15) is 5.56 Å². The molecule has 0 aliphatic heterocycles. The van der Waals surface area contributed by atoms with Crippen molar-refractivity contribution >= 4 is 54.2 Å². The molecule has 0 amide bonds. The van der Waals surface area contributed by atoms with Crippen molar-refractivity contribution in [2.75, 3.05) is 5.73 Å². The average Bonchev–Trinajstić information content (AvgIpc) is 3.48. The van der Waals surface area contributed by atoms with E-state index in [0.717, 1.165) is 15.8 Å². The summed E-state index contributed by atoms with van der Waals surface area (Å²) < 4.78 is 29.8. The van der Waals surface area contributed by atoms with Crippen LogP contribution in [-0.2, 0) is 9.84 Å². The highest BCUT2D eigenvalue weighted by molar-refractivity contribution is 7.91. The Balaban J connectivity index is 1.60. The summed E-state index contributed by atoms with van der Waals surface area (Å²) in [7, 11) is -3.96. The molecule has 0 bridgehead atoms. The van der Waals surface area contributed by atoms with Gasteiger partial charge in [-0.15, -0.1) is 21.5 Å². The van der Waals surface area contributed by atoms with Crippen molar-refractivity contribution in [3.05, 3.63) is 90.6 Å². The number of aromatic nitrogens is 4. The molecule has 0 saturated heterocycles. The van der Waals surface area contributed by atoms with Gasteiger partial charge in [0.15, 0.2) is 17.2 Å². The average molecular weight is 526 g/mol. The number of anilines is 1. The van der Waals surface area contributed by atoms with Gasteiger partial charge in [0.2, 0.25) is 9.84 Å². The molecular formula is C26H19N7O2S2. The zero-order valence-electron chi connectivity index (χ0n) is 19.5. The number of rotatable bonds is 5.